The van der Waals surface area contributed by atoms with Gasteiger partial charge in [0.25, 0.3) is 11.6 Å². The number of halogens is 1. The molecule has 1 amide bonds. The van der Waals surface area contributed by atoms with Crippen LogP contribution in [0, 0.1) is 22.9 Å². The van der Waals surface area contributed by atoms with Gasteiger partial charge >= 0.3 is 0 Å². The maximum Gasteiger partial charge on any atom is 0.272 e. The van der Waals surface area contributed by atoms with Gasteiger partial charge in [-0.2, -0.15) is 9.78 Å². The SMILES string of the molecule is CCCNS(=O)(=O)c1cc([N+](=O)[O-])ccc1Oc1c(C)c(C(=O)NCC2CCCO2)nn1-c1cccc(F)c1. The minimum atomic E-state index is -4.22. The van der Waals surface area contributed by atoms with Crippen LogP contribution in [-0.2, 0) is 14.8 Å². The molecule has 1 aromatic heterocycles. The van der Waals surface area contributed by atoms with Crippen LogP contribution < -0.4 is 14.8 Å². The first-order chi connectivity index (χ1) is 18.6. The smallest absolute Gasteiger partial charge is 0.272 e. The minimum Gasteiger partial charge on any atom is -0.437 e. The van der Waals surface area contributed by atoms with Crippen molar-refractivity contribution in [1.29, 1.82) is 0 Å². The van der Waals surface area contributed by atoms with Crippen LogP contribution in [0.5, 0.6) is 11.6 Å². The van der Waals surface area contributed by atoms with Crippen molar-refractivity contribution >= 4 is 21.6 Å². The van der Waals surface area contributed by atoms with Gasteiger partial charge < -0.3 is 14.8 Å². The monoisotopic (exact) mass is 561 g/mol. The number of aromatic nitrogens is 2. The summed E-state index contributed by atoms with van der Waals surface area (Å²) in [7, 11) is -4.22. The molecule has 1 aliphatic heterocycles. The van der Waals surface area contributed by atoms with Crippen molar-refractivity contribution in [1.82, 2.24) is 19.8 Å². The average molecular weight is 562 g/mol. The van der Waals surface area contributed by atoms with Gasteiger partial charge in [-0.1, -0.05) is 13.0 Å². The van der Waals surface area contributed by atoms with E-state index in [4.69, 9.17) is 9.47 Å². The van der Waals surface area contributed by atoms with Gasteiger partial charge in [-0.05, 0) is 50.5 Å². The predicted octanol–water partition coefficient (Wildman–Crippen LogP) is 3.62. The standard InChI is InChI=1S/C25H28FN5O7S/c1-3-11-28-39(35,36)22-14-19(31(33)34)9-10-21(22)38-25-16(2)23(24(32)27-15-20-8-5-12-37-20)29-30(25)18-7-4-6-17(26)13-18/h4,6-7,9-10,13-14,20,28H,3,5,8,11-12,15H2,1-2H3,(H,27,32). The number of sulfonamides is 1. The Labute approximate surface area is 224 Å². The molecule has 3 aromatic rings. The van der Waals surface area contributed by atoms with Crippen molar-refractivity contribution in [3.63, 3.8) is 0 Å². The summed E-state index contributed by atoms with van der Waals surface area (Å²) in [6.07, 6.45) is 2.09. The molecule has 2 aromatic carbocycles. The van der Waals surface area contributed by atoms with Crippen LogP contribution in [0.4, 0.5) is 10.1 Å². The molecule has 0 aliphatic carbocycles. The van der Waals surface area contributed by atoms with Gasteiger partial charge in [-0.25, -0.2) is 17.5 Å². The summed E-state index contributed by atoms with van der Waals surface area (Å²) in [6.45, 7) is 4.31. The molecule has 0 bridgehead atoms. The van der Waals surface area contributed by atoms with E-state index in [0.29, 0.717) is 13.0 Å². The Morgan fingerprint density at radius 3 is 2.77 bits per heavy atom. The van der Waals surface area contributed by atoms with E-state index in [1.807, 2.05) is 0 Å². The number of carbonyl (C=O) groups excluding carboxylic acids is 1. The quantitative estimate of drug-likeness (QED) is 0.266. The molecular weight excluding hydrogens is 533 g/mol. The summed E-state index contributed by atoms with van der Waals surface area (Å²) in [5, 5.41) is 18.5. The minimum absolute atomic E-state index is 0.0253. The highest BCUT2D eigenvalue weighted by Crippen LogP contribution is 2.35. The van der Waals surface area contributed by atoms with E-state index in [9.17, 15) is 27.7 Å². The molecule has 1 fully saturated rings. The highest BCUT2D eigenvalue weighted by molar-refractivity contribution is 7.89. The number of nitro benzene ring substituents is 1. The molecule has 1 saturated heterocycles. The lowest BCUT2D eigenvalue weighted by molar-refractivity contribution is -0.385. The second kappa shape index (κ2) is 11.9. The lowest BCUT2D eigenvalue weighted by Gasteiger charge is -2.14. The number of nitrogens with one attached hydrogen (secondary N) is 2. The fourth-order valence-corrected chi connectivity index (χ4v) is 5.30. The summed E-state index contributed by atoms with van der Waals surface area (Å²) in [5.41, 5.74) is -0.0273. The molecule has 0 spiro atoms. The Morgan fingerprint density at radius 1 is 1.31 bits per heavy atom. The van der Waals surface area contributed by atoms with E-state index in [0.717, 1.165) is 31.0 Å². The van der Waals surface area contributed by atoms with E-state index in [1.165, 1.54) is 28.9 Å². The van der Waals surface area contributed by atoms with Crippen LogP contribution in [-0.4, -0.2) is 54.8 Å². The molecule has 39 heavy (non-hydrogen) atoms. The van der Waals surface area contributed by atoms with E-state index < -0.39 is 37.3 Å². The van der Waals surface area contributed by atoms with Crippen LogP contribution in [0.15, 0.2) is 47.4 Å². The molecule has 208 valence electrons. The van der Waals surface area contributed by atoms with Gasteiger partial charge in [-0.15, -0.1) is 0 Å². The third-order valence-corrected chi connectivity index (χ3v) is 7.51. The molecule has 1 atom stereocenters. The number of rotatable bonds is 11. The summed E-state index contributed by atoms with van der Waals surface area (Å²) in [6, 6.07) is 8.52. The van der Waals surface area contributed by atoms with Gasteiger partial charge in [0.05, 0.1) is 16.7 Å². The van der Waals surface area contributed by atoms with Gasteiger partial charge in [0.1, 0.15) is 16.5 Å². The van der Waals surface area contributed by atoms with E-state index in [-0.39, 0.29) is 47.8 Å². The summed E-state index contributed by atoms with van der Waals surface area (Å²) in [4.78, 5) is 23.2. The third kappa shape index (κ3) is 6.41. The van der Waals surface area contributed by atoms with Crippen molar-refractivity contribution in [3.8, 4) is 17.3 Å². The first-order valence-corrected chi connectivity index (χ1v) is 13.8. The highest BCUT2D eigenvalue weighted by atomic mass is 32.2. The number of amides is 1. The zero-order chi connectivity index (χ0) is 28.2. The summed E-state index contributed by atoms with van der Waals surface area (Å²) >= 11 is 0. The second-order valence-electron chi connectivity index (χ2n) is 8.90. The van der Waals surface area contributed by atoms with Gasteiger partial charge in [0.15, 0.2) is 5.69 Å². The molecule has 1 unspecified atom stereocenters. The molecule has 0 radical (unpaired) electrons. The Hall–Kier alpha value is -3.88. The van der Waals surface area contributed by atoms with Crippen molar-refractivity contribution in [2.75, 3.05) is 19.7 Å². The van der Waals surface area contributed by atoms with E-state index in [1.54, 1.807) is 13.8 Å². The number of benzene rings is 2. The molecule has 1 aliphatic rings. The number of nitro groups is 1. The molecule has 14 heteroatoms. The molecule has 4 rings (SSSR count). The Bertz CT molecular complexity index is 1490. The fourth-order valence-electron chi connectivity index (χ4n) is 4.02. The number of non-ortho nitro benzene ring substituents is 1. The molecule has 0 saturated carbocycles. The summed E-state index contributed by atoms with van der Waals surface area (Å²) < 4.78 is 55.3. The lowest BCUT2D eigenvalue weighted by Crippen LogP contribution is -2.32. The molecule has 12 nitrogen and oxygen atoms in total. The second-order valence-corrected chi connectivity index (χ2v) is 10.6. The maximum atomic E-state index is 14.1. The first kappa shape index (κ1) is 28.1. The van der Waals surface area contributed by atoms with Gasteiger partial charge in [0.2, 0.25) is 15.9 Å². The van der Waals surface area contributed by atoms with Crippen LogP contribution in [0.1, 0.15) is 42.2 Å². The molecule has 2 N–H and O–H groups in total. The van der Waals surface area contributed by atoms with E-state index in [2.05, 4.69) is 15.1 Å². The zero-order valence-electron chi connectivity index (χ0n) is 21.3. The van der Waals surface area contributed by atoms with Crippen LogP contribution >= 0.6 is 0 Å². The predicted molar refractivity (Wildman–Crippen MR) is 138 cm³/mol. The topological polar surface area (TPSA) is 155 Å². The Kier molecular flexibility index (Phi) is 8.57. The van der Waals surface area contributed by atoms with Crippen molar-refractivity contribution in [2.24, 2.45) is 0 Å². The first-order valence-electron chi connectivity index (χ1n) is 12.3. The number of hydrogen-bond donors (Lipinski definition) is 2. The Morgan fingerprint density at radius 2 is 2.10 bits per heavy atom. The van der Waals surface area contributed by atoms with Crippen molar-refractivity contribution in [2.45, 2.75) is 44.1 Å². The lowest BCUT2D eigenvalue weighted by atomic mass is 10.2. The molecule has 2 heterocycles. The van der Waals surface area contributed by atoms with Crippen molar-refractivity contribution in [3.05, 3.63) is 69.7 Å². The third-order valence-electron chi connectivity index (χ3n) is 6.03. The number of carbonyl (C=O) groups is 1. The van der Waals surface area contributed by atoms with Gasteiger partial charge in [-0.3, -0.25) is 14.9 Å². The van der Waals surface area contributed by atoms with E-state index >= 15 is 0 Å². The largest absolute Gasteiger partial charge is 0.437 e. The average Bonchev–Trinajstić information content (AvgIpc) is 3.54. The van der Waals surface area contributed by atoms with Crippen LogP contribution in [0.25, 0.3) is 5.69 Å². The molecular formula is C25H28FN5O7S. The zero-order valence-corrected chi connectivity index (χ0v) is 22.2. The number of nitrogens with zero attached hydrogens (tertiary/aromatic N) is 3. The van der Waals surface area contributed by atoms with Gasteiger partial charge in [0, 0.05) is 37.4 Å². The highest BCUT2D eigenvalue weighted by Gasteiger charge is 2.28. The fraction of sp³-hybridized carbons (Fsp3) is 0.360. The normalized spacial score (nSPS) is 15.3. The maximum absolute atomic E-state index is 14.1. The van der Waals surface area contributed by atoms with Crippen molar-refractivity contribution < 1.29 is 32.0 Å². The summed E-state index contributed by atoms with van der Waals surface area (Å²) in [5.74, 6) is -1.40. The number of hydrogen-bond acceptors (Lipinski definition) is 8. The number of ether oxygens (including phenoxy) is 2. The Balaban J connectivity index is 1.78. The van der Waals surface area contributed by atoms with Crippen LogP contribution in [0.2, 0.25) is 0 Å². The van der Waals surface area contributed by atoms with Crippen LogP contribution in [0.3, 0.4) is 0 Å².